The minimum atomic E-state index is -2.65. The molecule has 0 spiro atoms. The van der Waals surface area contributed by atoms with Gasteiger partial charge in [0.05, 0.1) is 0 Å². The molecule has 0 N–H and O–H groups in total. The van der Waals surface area contributed by atoms with E-state index in [-0.39, 0.29) is 5.66 Å². The van der Waals surface area contributed by atoms with Gasteiger partial charge in [-0.05, 0) is 48.5 Å². The summed E-state index contributed by atoms with van der Waals surface area (Å²) in [6, 6.07) is 14.5. The lowest BCUT2D eigenvalue weighted by atomic mass is 10.4. The molecule has 2 aromatic rings. The first-order valence-corrected chi connectivity index (χ1v) is 8.60. The van der Waals surface area contributed by atoms with E-state index in [1.807, 2.05) is 38.1 Å². The fraction of sp³-hybridized carbons (Fsp3) is 0.200. The fourth-order valence-corrected chi connectivity index (χ4v) is 5.00. The standard InChI is InChI=1S/C15H15Cl2OP/c1-11(2)19(18,14-7-3-12(16)4-8-14)15-9-5-13(17)6-10-15/h3-11H,1-2H3. The van der Waals surface area contributed by atoms with Crippen LogP contribution >= 0.6 is 30.3 Å². The van der Waals surface area contributed by atoms with Crippen LogP contribution in [0.25, 0.3) is 0 Å². The maximum atomic E-state index is 13.5. The summed E-state index contributed by atoms with van der Waals surface area (Å²) in [6.45, 7) is 3.95. The molecular formula is C15H15Cl2OP. The molecule has 0 aliphatic rings. The Hall–Kier alpha value is -0.750. The van der Waals surface area contributed by atoms with Crippen LogP contribution in [0.2, 0.25) is 10.0 Å². The van der Waals surface area contributed by atoms with Crippen molar-refractivity contribution in [3.8, 4) is 0 Å². The maximum Gasteiger partial charge on any atom is 0.145 e. The maximum absolute atomic E-state index is 13.5. The van der Waals surface area contributed by atoms with Crippen LogP contribution in [0.15, 0.2) is 48.5 Å². The van der Waals surface area contributed by atoms with Crippen LogP contribution in [0.4, 0.5) is 0 Å². The van der Waals surface area contributed by atoms with E-state index in [0.717, 1.165) is 10.6 Å². The number of benzene rings is 2. The van der Waals surface area contributed by atoms with Crippen LogP contribution < -0.4 is 10.6 Å². The van der Waals surface area contributed by atoms with Gasteiger partial charge in [0, 0.05) is 26.3 Å². The quantitative estimate of drug-likeness (QED) is 0.750. The lowest BCUT2D eigenvalue weighted by Crippen LogP contribution is -2.22. The summed E-state index contributed by atoms with van der Waals surface area (Å²) >= 11 is 11.8. The third-order valence-corrected chi connectivity index (χ3v) is 7.24. The van der Waals surface area contributed by atoms with Crippen molar-refractivity contribution in [2.45, 2.75) is 19.5 Å². The van der Waals surface area contributed by atoms with Crippen LogP contribution in [0.1, 0.15) is 13.8 Å². The monoisotopic (exact) mass is 312 g/mol. The third kappa shape index (κ3) is 2.89. The van der Waals surface area contributed by atoms with Crippen molar-refractivity contribution < 1.29 is 4.57 Å². The molecule has 0 saturated heterocycles. The van der Waals surface area contributed by atoms with E-state index in [1.165, 1.54) is 0 Å². The van der Waals surface area contributed by atoms with Gasteiger partial charge in [0.15, 0.2) is 0 Å². The molecule has 0 aromatic heterocycles. The largest absolute Gasteiger partial charge is 0.313 e. The van der Waals surface area contributed by atoms with Gasteiger partial charge in [0.1, 0.15) is 7.14 Å². The molecule has 0 fully saturated rings. The summed E-state index contributed by atoms with van der Waals surface area (Å²) in [4.78, 5) is 0. The molecule has 0 radical (unpaired) electrons. The lowest BCUT2D eigenvalue weighted by Gasteiger charge is -2.23. The molecular weight excluding hydrogens is 298 g/mol. The molecule has 0 aliphatic carbocycles. The van der Waals surface area contributed by atoms with E-state index in [9.17, 15) is 4.57 Å². The Morgan fingerprint density at radius 3 is 1.37 bits per heavy atom. The summed E-state index contributed by atoms with van der Waals surface area (Å²) in [7, 11) is -2.65. The highest BCUT2D eigenvalue weighted by Crippen LogP contribution is 2.48. The normalized spacial score (nSPS) is 11.8. The molecule has 100 valence electrons. The van der Waals surface area contributed by atoms with E-state index in [1.54, 1.807) is 24.3 Å². The van der Waals surface area contributed by atoms with Gasteiger partial charge in [-0.2, -0.15) is 0 Å². The van der Waals surface area contributed by atoms with Crippen LogP contribution in [0.3, 0.4) is 0 Å². The second kappa shape index (κ2) is 5.71. The van der Waals surface area contributed by atoms with Crippen LogP contribution in [0.5, 0.6) is 0 Å². The molecule has 0 unspecified atom stereocenters. The number of hydrogen-bond donors (Lipinski definition) is 0. The van der Waals surface area contributed by atoms with Crippen molar-refractivity contribution in [2.75, 3.05) is 0 Å². The third-order valence-electron chi connectivity index (χ3n) is 3.15. The van der Waals surface area contributed by atoms with Gasteiger partial charge in [-0.25, -0.2) is 0 Å². The summed E-state index contributed by atoms with van der Waals surface area (Å²) in [5, 5.41) is 2.95. The highest BCUT2D eigenvalue weighted by molar-refractivity contribution is 7.79. The first kappa shape index (κ1) is 14.7. The SMILES string of the molecule is CC(C)P(=O)(c1ccc(Cl)cc1)c1ccc(Cl)cc1. The molecule has 4 heteroatoms. The number of halogens is 2. The second-order valence-electron chi connectivity index (χ2n) is 4.70. The van der Waals surface area contributed by atoms with Gasteiger partial charge in [0.2, 0.25) is 0 Å². The van der Waals surface area contributed by atoms with Gasteiger partial charge >= 0.3 is 0 Å². The average Bonchev–Trinajstić information content (AvgIpc) is 2.39. The molecule has 0 bridgehead atoms. The van der Waals surface area contributed by atoms with E-state index in [2.05, 4.69) is 0 Å². The Labute approximate surface area is 123 Å². The zero-order valence-electron chi connectivity index (χ0n) is 10.8. The summed E-state index contributed by atoms with van der Waals surface area (Å²) in [6.07, 6.45) is 0. The predicted octanol–water partition coefficient (Wildman–Crippen LogP) is 4.72. The molecule has 0 amide bonds. The molecule has 0 atom stereocenters. The molecule has 2 aromatic carbocycles. The molecule has 0 saturated carbocycles. The van der Waals surface area contributed by atoms with E-state index >= 15 is 0 Å². The Morgan fingerprint density at radius 2 is 1.11 bits per heavy atom. The topological polar surface area (TPSA) is 17.1 Å². The van der Waals surface area contributed by atoms with Gasteiger partial charge in [-0.15, -0.1) is 0 Å². The summed E-state index contributed by atoms with van der Waals surface area (Å²) < 4.78 is 13.5. The van der Waals surface area contributed by atoms with Gasteiger partial charge in [-0.1, -0.05) is 37.0 Å². The van der Waals surface area contributed by atoms with E-state index in [4.69, 9.17) is 23.2 Å². The first-order valence-electron chi connectivity index (χ1n) is 6.06. The molecule has 0 heterocycles. The van der Waals surface area contributed by atoms with Crippen molar-refractivity contribution in [1.29, 1.82) is 0 Å². The summed E-state index contributed by atoms with van der Waals surface area (Å²) in [5.41, 5.74) is 0.0230. The average molecular weight is 313 g/mol. The Balaban J connectivity index is 2.58. The highest BCUT2D eigenvalue weighted by atomic mass is 35.5. The number of hydrogen-bond acceptors (Lipinski definition) is 1. The zero-order valence-corrected chi connectivity index (χ0v) is 13.2. The van der Waals surface area contributed by atoms with Crippen molar-refractivity contribution in [1.82, 2.24) is 0 Å². The Bertz CT molecular complexity index is 554. The van der Waals surface area contributed by atoms with Gasteiger partial charge < -0.3 is 4.57 Å². The number of rotatable bonds is 3. The van der Waals surface area contributed by atoms with Gasteiger partial charge in [-0.3, -0.25) is 0 Å². The van der Waals surface area contributed by atoms with Crippen LogP contribution in [-0.2, 0) is 4.57 Å². The Morgan fingerprint density at radius 1 is 0.789 bits per heavy atom. The second-order valence-corrected chi connectivity index (χ2v) is 8.96. The minimum absolute atomic E-state index is 0.0230. The zero-order chi connectivity index (χ0) is 14.0. The smallest absolute Gasteiger partial charge is 0.145 e. The highest BCUT2D eigenvalue weighted by Gasteiger charge is 2.30. The Kier molecular flexibility index (Phi) is 4.40. The van der Waals surface area contributed by atoms with Gasteiger partial charge in [0.25, 0.3) is 0 Å². The van der Waals surface area contributed by atoms with Crippen molar-refractivity contribution in [3.63, 3.8) is 0 Å². The molecule has 0 aliphatic heterocycles. The lowest BCUT2D eigenvalue weighted by molar-refractivity contribution is 0.581. The molecule has 1 nitrogen and oxygen atoms in total. The van der Waals surface area contributed by atoms with Crippen molar-refractivity contribution in [2.24, 2.45) is 0 Å². The van der Waals surface area contributed by atoms with Crippen molar-refractivity contribution >= 4 is 41.0 Å². The predicted molar refractivity (Wildman–Crippen MR) is 84.9 cm³/mol. The van der Waals surface area contributed by atoms with Crippen LogP contribution in [0, 0.1) is 0 Å². The van der Waals surface area contributed by atoms with Crippen molar-refractivity contribution in [3.05, 3.63) is 58.6 Å². The first-order chi connectivity index (χ1) is 8.94. The van der Waals surface area contributed by atoms with Crippen LogP contribution in [-0.4, -0.2) is 5.66 Å². The molecule has 19 heavy (non-hydrogen) atoms. The minimum Gasteiger partial charge on any atom is -0.313 e. The summed E-state index contributed by atoms with van der Waals surface area (Å²) in [5.74, 6) is 0. The van der Waals surface area contributed by atoms with E-state index in [0.29, 0.717) is 10.0 Å². The molecule has 2 rings (SSSR count). The fourth-order valence-electron chi connectivity index (χ4n) is 2.07. The van der Waals surface area contributed by atoms with E-state index < -0.39 is 7.14 Å².